The number of nitrogen functional groups attached to an aromatic ring is 1. The van der Waals surface area contributed by atoms with Gasteiger partial charge in [-0.3, -0.25) is 0 Å². The summed E-state index contributed by atoms with van der Waals surface area (Å²) >= 11 is 0. The first-order valence-corrected chi connectivity index (χ1v) is 4.46. The smallest absolute Gasteiger partial charge is 0.0852 e. The Morgan fingerprint density at radius 3 is 2.77 bits per heavy atom. The maximum atomic E-state index is 9.08. The molecule has 13 heavy (non-hydrogen) atoms. The molecule has 0 spiro atoms. The molecule has 2 N–H and O–H groups in total. The Morgan fingerprint density at radius 2 is 2.31 bits per heavy atom. The summed E-state index contributed by atoms with van der Waals surface area (Å²) in [5.74, 6) is 0.472. The topological polar surface area (TPSA) is 49.8 Å². The van der Waals surface area contributed by atoms with Gasteiger partial charge in [-0.25, -0.2) is 0 Å². The number of hydrogen-bond donors (Lipinski definition) is 1. The highest BCUT2D eigenvalue weighted by molar-refractivity contribution is 5.49. The molecular formula is C11H12N2. The van der Waals surface area contributed by atoms with Crippen LogP contribution in [0.15, 0.2) is 24.3 Å². The van der Waals surface area contributed by atoms with E-state index in [0.29, 0.717) is 5.92 Å². The number of nitrogens with two attached hydrogens (primary N) is 1. The molecule has 0 heterocycles. The summed E-state index contributed by atoms with van der Waals surface area (Å²) in [5.41, 5.74) is 7.25. The van der Waals surface area contributed by atoms with Crippen molar-refractivity contribution < 1.29 is 0 Å². The van der Waals surface area contributed by atoms with Gasteiger partial charge in [-0.1, -0.05) is 19.1 Å². The van der Waals surface area contributed by atoms with E-state index in [-0.39, 0.29) is 5.41 Å². The van der Waals surface area contributed by atoms with Crippen molar-refractivity contribution in [3.8, 4) is 6.07 Å². The van der Waals surface area contributed by atoms with Gasteiger partial charge in [0.15, 0.2) is 0 Å². The molecule has 1 aromatic carbocycles. The van der Waals surface area contributed by atoms with Crippen molar-refractivity contribution in [2.75, 3.05) is 5.73 Å². The predicted octanol–water partition coefficient (Wildman–Crippen LogP) is 2.07. The van der Waals surface area contributed by atoms with Crippen LogP contribution in [0.4, 0.5) is 5.69 Å². The number of nitriles is 1. The fourth-order valence-corrected chi connectivity index (χ4v) is 1.86. The lowest BCUT2D eigenvalue weighted by molar-refractivity contribution is 0.792. The van der Waals surface area contributed by atoms with Crippen molar-refractivity contribution in [2.24, 2.45) is 5.92 Å². The zero-order chi connectivity index (χ0) is 9.47. The van der Waals surface area contributed by atoms with Crippen LogP contribution in [0, 0.1) is 17.2 Å². The van der Waals surface area contributed by atoms with Gasteiger partial charge in [0, 0.05) is 5.69 Å². The molecule has 0 aromatic heterocycles. The first-order chi connectivity index (χ1) is 6.19. The number of rotatable bonds is 1. The molecule has 1 aromatic rings. The Morgan fingerprint density at radius 1 is 1.62 bits per heavy atom. The van der Waals surface area contributed by atoms with Crippen molar-refractivity contribution in [1.29, 1.82) is 5.26 Å². The van der Waals surface area contributed by atoms with E-state index in [9.17, 15) is 0 Å². The highest BCUT2D eigenvalue weighted by atomic mass is 14.6. The Kier molecular flexibility index (Phi) is 1.56. The van der Waals surface area contributed by atoms with Gasteiger partial charge in [-0.15, -0.1) is 0 Å². The number of anilines is 1. The zero-order valence-corrected chi connectivity index (χ0v) is 7.62. The van der Waals surface area contributed by atoms with Crippen LogP contribution in [0.1, 0.15) is 18.9 Å². The van der Waals surface area contributed by atoms with Gasteiger partial charge in [0.25, 0.3) is 0 Å². The third kappa shape index (κ3) is 1.08. The highest BCUT2D eigenvalue weighted by Crippen LogP contribution is 2.53. The average Bonchev–Trinajstić information content (AvgIpc) is 2.78. The highest BCUT2D eigenvalue weighted by Gasteiger charge is 2.53. The molecule has 0 radical (unpaired) electrons. The summed E-state index contributed by atoms with van der Waals surface area (Å²) in [6, 6.07) is 10.0. The molecule has 0 amide bonds. The minimum absolute atomic E-state index is 0.241. The monoisotopic (exact) mass is 172 g/mol. The molecule has 66 valence electrons. The average molecular weight is 172 g/mol. The van der Waals surface area contributed by atoms with Crippen LogP contribution < -0.4 is 5.73 Å². The molecule has 1 aliphatic rings. The lowest BCUT2D eigenvalue weighted by Gasteiger charge is -2.07. The SMILES string of the molecule is CC1CC1(C#N)c1cccc(N)c1. The second kappa shape index (κ2) is 2.50. The largest absolute Gasteiger partial charge is 0.399 e. The maximum Gasteiger partial charge on any atom is 0.0852 e. The summed E-state index contributed by atoms with van der Waals surface area (Å²) in [7, 11) is 0. The minimum atomic E-state index is -0.241. The number of nitrogens with zero attached hydrogens (tertiary/aromatic N) is 1. The summed E-state index contributed by atoms with van der Waals surface area (Å²) < 4.78 is 0. The van der Waals surface area contributed by atoms with Crippen LogP contribution in [0.25, 0.3) is 0 Å². The van der Waals surface area contributed by atoms with Crippen molar-refractivity contribution in [3.63, 3.8) is 0 Å². The van der Waals surface area contributed by atoms with E-state index in [1.165, 1.54) is 0 Å². The van der Waals surface area contributed by atoms with Crippen LogP contribution >= 0.6 is 0 Å². The van der Waals surface area contributed by atoms with Gasteiger partial charge in [0.1, 0.15) is 0 Å². The minimum Gasteiger partial charge on any atom is -0.399 e. The normalized spacial score (nSPS) is 30.9. The van der Waals surface area contributed by atoms with Crippen molar-refractivity contribution in [2.45, 2.75) is 18.8 Å². The van der Waals surface area contributed by atoms with Gasteiger partial charge < -0.3 is 5.73 Å². The second-order valence-corrected chi connectivity index (χ2v) is 3.81. The van der Waals surface area contributed by atoms with Gasteiger partial charge in [-0.2, -0.15) is 5.26 Å². The van der Waals surface area contributed by atoms with E-state index in [4.69, 9.17) is 11.0 Å². The molecule has 1 saturated carbocycles. The zero-order valence-electron chi connectivity index (χ0n) is 7.62. The molecule has 2 unspecified atom stereocenters. The summed E-state index contributed by atoms with van der Waals surface area (Å²) in [6.07, 6.45) is 0.965. The van der Waals surface area contributed by atoms with Crippen LogP contribution in [0.3, 0.4) is 0 Å². The third-order valence-corrected chi connectivity index (χ3v) is 2.91. The van der Waals surface area contributed by atoms with Crippen molar-refractivity contribution in [1.82, 2.24) is 0 Å². The molecule has 0 saturated heterocycles. The third-order valence-electron chi connectivity index (χ3n) is 2.91. The summed E-state index contributed by atoms with van der Waals surface area (Å²) in [6.45, 7) is 2.10. The van der Waals surface area contributed by atoms with Crippen molar-refractivity contribution >= 4 is 5.69 Å². The fourth-order valence-electron chi connectivity index (χ4n) is 1.86. The van der Waals surface area contributed by atoms with Crippen LogP contribution in [0.2, 0.25) is 0 Å². The summed E-state index contributed by atoms with van der Waals surface area (Å²) in [5, 5.41) is 9.08. The molecule has 1 aliphatic carbocycles. The van der Waals surface area contributed by atoms with Crippen molar-refractivity contribution in [3.05, 3.63) is 29.8 Å². The first kappa shape index (κ1) is 8.12. The molecule has 1 fully saturated rings. The Labute approximate surface area is 78.0 Å². The molecular weight excluding hydrogens is 160 g/mol. The molecule has 2 atom stereocenters. The Hall–Kier alpha value is -1.49. The van der Waals surface area contributed by atoms with Crippen LogP contribution in [0.5, 0.6) is 0 Å². The van der Waals surface area contributed by atoms with Gasteiger partial charge in [0.05, 0.1) is 11.5 Å². The summed E-state index contributed by atoms with van der Waals surface area (Å²) in [4.78, 5) is 0. The molecule has 0 bridgehead atoms. The quantitative estimate of drug-likeness (QED) is 0.659. The lowest BCUT2D eigenvalue weighted by atomic mass is 9.95. The maximum absolute atomic E-state index is 9.08. The second-order valence-electron chi connectivity index (χ2n) is 3.81. The molecule has 0 aliphatic heterocycles. The number of hydrogen-bond acceptors (Lipinski definition) is 2. The van der Waals surface area contributed by atoms with E-state index in [2.05, 4.69) is 13.0 Å². The van der Waals surface area contributed by atoms with Gasteiger partial charge in [-0.05, 0) is 30.0 Å². The molecule has 2 heteroatoms. The van der Waals surface area contributed by atoms with Gasteiger partial charge in [0.2, 0.25) is 0 Å². The fraction of sp³-hybridized carbons (Fsp3) is 0.364. The Balaban J connectivity index is 2.42. The standard InChI is InChI=1S/C11H12N2/c1-8-6-11(8,7-12)9-3-2-4-10(13)5-9/h2-5,8H,6,13H2,1H3. The lowest BCUT2D eigenvalue weighted by Crippen LogP contribution is -2.06. The first-order valence-electron chi connectivity index (χ1n) is 4.46. The van der Waals surface area contributed by atoms with E-state index < -0.39 is 0 Å². The van der Waals surface area contributed by atoms with E-state index in [1.54, 1.807) is 0 Å². The molecule has 2 nitrogen and oxygen atoms in total. The molecule has 2 rings (SSSR count). The predicted molar refractivity (Wildman–Crippen MR) is 51.9 cm³/mol. The number of benzene rings is 1. The van der Waals surface area contributed by atoms with E-state index >= 15 is 0 Å². The Bertz CT molecular complexity index is 378. The van der Waals surface area contributed by atoms with E-state index in [1.807, 2.05) is 24.3 Å². The van der Waals surface area contributed by atoms with E-state index in [0.717, 1.165) is 17.7 Å². The van der Waals surface area contributed by atoms with Crippen LogP contribution in [-0.4, -0.2) is 0 Å². The van der Waals surface area contributed by atoms with Crippen LogP contribution in [-0.2, 0) is 5.41 Å². The van der Waals surface area contributed by atoms with Gasteiger partial charge >= 0.3 is 0 Å².